The summed E-state index contributed by atoms with van der Waals surface area (Å²) in [5.41, 5.74) is -0.493. The molecule has 6 nitrogen and oxygen atoms in total. The van der Waals surface area contributed by atoms with Crippen molar-refractivity contribution in [2.45, 2.75) is 134 Å². The van der Waals surface area contributed by atoms with E-state index in [-0.39, 0.29) is 53.3 Å². The Labute approximate surface area is 210 Å². The van der Waals surface area contributed by atoms with Crippen molar-refractivity contribution in [3.05, 3.63) is 0 Å². The quantitative estimate of drug-likeness (QED) is 0.493. The predicted molar refractivity (Wildman–Crippen MR) is 133 cm³/mol. The zero-order valence-corrected chi connectivity index (χ0v) is 21.6. The van der Waals surface area contributed by atoms with Gasteiger partial charge in [0.05, 0.1) is 23.7 Å². The van der Waals surface area contributed by atoms with Crippen molar-refractivity contribution in [2.24, 2.45) is 23.7 Å². The van der Waals surface area contributed by atoms with Gasteiger partial charge in [-0.2, -0.15) is 0 Å². The molecule has 0 radical (unpaired) electrons. The molecule has 2 heterocycles. The van der Waals surface area contributed by atoms with Crippen LogP contribution < -0.4 is 0 Å². The van der Waals surface area contributed by atoms with E-state index in [9.17, 15) is 19.2 Å². The summed E-state index contributed by atoms with van der Waals surface area (Å²) in [7, 11) is 0. The maximum atomic E-state index is 13.5. The minimum Gasteiger partial charge on any atom is -0.279 e. The molecule has 3 aliphatic carbocycles. The lowest BCUT2D eigenvalue weighted by atomic mass is 9.79. The fourth-order valence-electron chi connectivity index (χ4n) is 8.01. The van der Waals surface area contributed by atoms with Gasteiger partial charge in [0.2, 0.25) is 23.6 Å². The first-order valence-corrected chi connectivity index (χ1v) is 14.7. The molecule has 5 aliphatic rings. The Kier molecular flexibility index (Phi) is 7.37. The predicted octanol–water partition coefficient (Wildman–Crippen LogP) is 5.38. The third kappa shape index (κ3) is 4.59. The van der Waals surface area contributed by atoms with E-state index >= 15 is 0 Å². The number of carbonyl (C=O) groups excluding carboxylic acids is 4. The average Bonchev–Trinajstić information content (AvgIpc) is 3.31. The number of hydrogen-bond donors (Lipinski definition) is 0. The zero-order valence-electron chi connectivity index (χ0n) is 21.6. The van der Waals surface area contributed by atoms with Crippen LogP contribution in [0.25, 0.3) is 0 Å². The summed E-state index contributed by atoms with van der Waals surface area (Å²) in [5.74, 6) is -0.339. The molecular formula is C29H44N2O4. The van der Waals surface area contributed by atoms with Crippen LogP contribution in [0.5, 0.6) is 0 Å². The highest BCUT2D eigenvalue weighted by atomic mass is 16.2. The second-order valence-corrected chi connectivity index (χ2v) is 12.4. The second-order valence-electron chi connectivity index (χ2n) is 12.4. The van der Waals surface area contributed by atoms with Crippen LogP contribution in [-0.4, -0.2) is 45.0 Å². The van der Waals surface area contributed by atoms with Gasteiger partial charge >= 0.3 is 0 Å². The number of fused-ring (bicyclic) bond motifs is 2. The molecule has 0 aromatic heterocycles. The topological polar surface area (TPSA) is 74.8 Å². The van der Waals surface area contributed by atoms with Gasteiger partial charge in [-0.25, -0.2) is 0 Å². The normalized spacial score (nSPS) is 39.7. The summed E-state index contributed by atoms with van der Waals surface area (Å²) in [6, 6.07) is -0.0801. The first-order chi connectivity index (χ1) is 16.9. The fourth-order valence-corrected chi connectivity index (χ4v) is 8.01. The number of carbonyl (C=O) groups is 4. The van der Waals surface area contributed by atoms with Crippen molar-refractivity contribution in [2.75, 3.05) is 0 Å². The Balaban J connectivity index is 1.27. The van der Waals surface area contributed by atoms with E-state index in [0.29, 0.717) is 25.7 Å². The molecule has 4 unspecified atom stereocenters. The minimum atomic E-state index is -0.493. The van der Waals surface area contributed by atoms with Crippen molar-refractivity contribution in [3.63, 3.8) is 0 Å². The van der Waals surface area contributed by atoms with E-state index in [1.807, 2.05) is 0 Å². The van der Waals surface area contributed by atoms with Crippen LogP contribution in [0.3, 0.4) is 0 Å². The lowest BCUT2D eigenvalue weighted by Gasteiger charge is -2.44. The summed E-state index contributed by atoms with van der Waals surface area (Å²) < 4.78 is 0. The summed E-state index contributed by atoms with van der Waals surface area (Å²) in [6.07, 6.45) is 17.3. The van der Waals surface area contributed by atoms with Gasteiger partial charge in [0.25, 0.3) is 0 Å². The lowest BCUT2D eigenvalue weighted by molar-refractivity contribution is -0.152. The van der Waals surface area contributed by atoms with Gasteiger partial charge in [0.1, 0.15) is 0 Å². The molecule has 5 fully saturated rings. The van der Waals surface area contributed by atoms with Gasteiger partial charge in [-0.3, -0.25) is 29.0 Å². The molecule has 2 saturated heterocycles. The maximum absolute atomic E-state index is 13.5. The largest absolute Gasteiger partial charge is 0.279 e. The highest BCUT2D eigenvalue weighted by Gasteiger charge is 2.55. The monoisotopic (exact) mass is 484 g/mol. The van der Waals surface area contributed by atoms with Gasteiger partial charge in [0.15, 0.2) is 0 Å². The van der Waals surface area contributed by atoms with E-state index in [2.05, 4.69) is 6.92 Å². The number of likely N-dealkylation sites (tertiary alicyclic amines) is 2. The first-order valence-electron chi connectivity index (χ1n) is 14.7. The van der Waals surface area contributed by atoms with Gasteiger partial charge in [-0.1, -0.05) is 64.2 Å². The third-order valence-corrected chi connectivity index (χ3v) is 10.2. The molecule has 0 aromatic carbocycles. The molecule has 2 aliphatic heterocycles. The van der Waals surface area contributed by atoms with Gasteiger partial charge in [-0.15, -0.1) is 0 Å². The van der Waals surface area contributed by atoms with Crippen LogP contribution in [0, 0.1) is 23.7 Å². The van der Waals surface area contributed by atoms with Crippen LogP contribution in [-0.2, 0) is 19.2 Å². The highest BCUT2D eigenvalue weighted by molar-refractivity contribution is 6.06. The Hall–Kier alpha value is -1.72. The lowest BCUT2D eigenvalue weighted by Crippen LogP contribution is -2.55. The van der Waals surface area contributed by atoms with Crippen molar-refractivity contribution >= 4 is 23.6 Å². The maximum Gasteiger partial charge on any atom is 0.233 e. The Morgan fingerprint density at radius 3 is 1.26 bits per heavy atom. The Bertz CT molecular complexity index is 794. The standard InChI is InChI=1S/C29H44N2O4/c1-29(31-27(34)23-14-10-6-3-7-11-15-24(23)28(31)35)18-16-20(17-19-29)30-25(32)21-12-8-4-2-5-9-13-22(21)26(30)33/h20-24H,2-19H2,1H3. The second kappa shape index (κ2) is 10.3. The zero-order chi connectivity index (χ0) is 24.6. The van der Waals surface area contributed by atoms with Crippen molar-refractivity contribution in [1.29, 1.82) is 0 Å². The van der Waals surface area contributed by atoms with Gasteiger partial charge in [-0.05, 0) is 58.3 Å². The van der Waals surface area contributed by atoms with Crippen LogP contribution in [0.15, 0.2) is 0 Å². The van der Waals surface area contributed by atoms with E-state index < -0.39 is 5.54 Å². The van der Waals surface area contributed by atoms with E-state index in [1.54, 1.807) is 9.80 Å². The molecule has 0 aromatic rings. The van der Waals surface area contributed by atoms with Crippen LogP contribution in [0.2, 0.25) is 0 Å². The molecule has 3 saturated carbocycles. The molecule has 0 bridgehead atoms. The van der Waals surface area contributed by atoms with Crippen LogP contribution in [0.1, 0.15) is 122 Å². The van der Waals surface area contributed by atoms with E-state index in [1.165, 1.54) is 12.8 Å². The summed E-state index contributed by atoms with van der Waals surface area (Å²) in [6.45, 7) is 2.07. The minimum absolute atomic E-state index is 0.0470. The van der Waals surface area contributed by atoms with Gasteiger partial charge < -0.3 is 0 Å². The van der Waals surface area contributed by atoms with E-state index in [0.717, 1.165) is 77.0 Å². The molecule has 0 N–H and O–H groups in total. The molecule has 4 atom stereocenters. The smallest absolute Gasteiger partial charge is 0.233 e. The number of hydrogen-bond acceptors (Lipinski definition) is 4. The van der Waals surface area contributed by atoms with Crippen LogP contribution in [0.4, 0.5) is 0 Å². The fraction of sp³-hybridized carbons (Fsp3) is 0.862. The van der Waals surface area contributed by atoms with E-state index in [4.69, 9.17) is 0 Å². The summed E-state index contributed by atoms with van der Waals surface area (Å²) in [5, 5.41) is 0. The molecule has 4 amide bonds. The summed E-state index contributed by atoms with van der Waals surface area (Å²) in [4.78, 5) is 57.1. The first kappa shape index (κ1) is 25.0. The number of amides is 4. The SMILES string of the molecule is CC1(N2C(=O)C3CCCCCCCC3C2=O)CCC(N2C(=O)C3CCCCCCCC3C2=O)CC1. The number of nitrogens with zero attached hydrogens (tertiary/aromatic N) is 2. The molecule has 6 heteroatoms. The van der Waals surface area contributed by atoms with Crippen molar-refractivity contribution in [3.8, 4) is 0 Å². The third-order valence-electron chi connectivity index (χ3n) is 10.2. The summed E-state index contributed by atoms with van der Waals surface area (Å²) >= 11 is 0. The molecule has 194 valence electrons. The van der Waals surface area contributed by atoms with Crippen molar-refractivity contribution < 1.29 is 19.2 Å². The number of rotatable bonds is 2. The average molecular weight is 485 g/mol. The molecule has 5 rings (SSSR count). The van der Waals surface area contributed by atoms with Crippen LogP contribution >= 0.6 is 0 Å². The Morgan fingerprint density at radius 1 is 0.514 bits per heavy atom. The molecule has 35 heavy (non-hydrogen) atoms. The van der Waals surface area contributed by atoms with Crippen molar-refractivity contribution in [1.82, 2.24) is 9.80 Å². The highest BCUT2D eigenvalue weighted by Crippen LogP contribution is 2.46. The Morgan fingerprint density at radius 2 is 0.857 bits per heavy atom. The molecule has 0 spiro atoms. The molecular weight excluding hydrogens is 440 g/mol. The number of imide groups is 2. The van der Waals surface area contributed by atoms with Gasteiger partial charge in [0, 0.05) is 11.6 Å².